The molecule has 0 aromatic carbocycles. The Kier molecular flexibility index (Phi) is 2.50. The number of hydrogen-bond donors (Lipinski definition) is 1. The number of nitrogens with two attached hydrogens (primary N) is 1. The van der Waals surface area contributed by atoms with Gasteiger partial charge in [-0.05, 0) is 37.5 Å². The van der Waals surface area contributed by atoms with Crippen molar-refractivity contribution in [1.29, 1.82) is 0 Å². The second-order valence-electron chi connectivity index (χ2n) is 4.28. The van der Waals surface area contributed by atoms with E-state index in [1.54, 1.807) is 0 Å². The number of fused-ring (bicyclic) bond motifs is 1. The molecule has 1 heteroatoms. The lowest BCUT2D eigenvalue weighted by atomic mass is 9.72. The fourth-order valence-corrected chi connectivity index (χ4v) is 2.74. The lowest BCUT2D eigenvalue weighted by Gasteiger charge is -2.33. The monoisotopic (exact) mass is 165 g/mol. The van der Waals surface area contributed by atoms with Crippen molar-refractivity contribution in [2.45, 2.75) is 38.5 Å². The van der Waals surface area contributed by atoms with E-state index in [2.05, 4.69) is 6.08 Å². The van der Waals surface area contributed by atoms with Crippen molar-refractivity contribution in [2.24, 2.45) is 17.6 Å². The lowest BCUT2D eigenvalue weighted by Crippen LogP contribution is -2.23. The molecule has 2 N–H and O–H groups in total. The molecule has 0 heterocycles. The van der Waals surface area contributed by atoms with Gasteiger partial charge in [0.2, 0.25) is 0 Å². The van der Waals surface area contributed by atoms with E-state index in [0.29, 0.717) is 0 Å². The summed E-state index contributed by atoms with van der Waals surface area (Å²) in [5.41, 5.74) is 7.17. The van der Waals surface area contributed by atoms with Gasteiger partial charge in [0.25, 0.3) is 0 Å². The molecule has 0 spiro atoms. The normalized spacial score (nSPS) is 35.6. The molecule has 0 aliphatic heterocycles. The highest BCUT2D eigenvalue weighted by molar-refractivity contribution is 5.11. The summed E-state index contributed by atoms with van der Waals surface area (Å²) in [6, 6.07) is 0. The molecule has 0 bridgehead atoms. The highest BCUT2D eigenvalue weighted by atomic mass is 14.5. The zero-order valence-corrected chi connectivity index (χ0v) is 7.76. The summed E-state index contributed by atoms with van der Waals surface area (Å²) in [4.78, 5) is 0. The first-order chi connectivity index (χ1) is 5.90. The van der Waals surface area contributed by atoms with Crippen molar-refractivity contribution < 1.29 is 0 Å². The molecule has 2 rings (SSSR count). The number of hydrogen-bond acceptors (Lipinski definition) is 1. The summed E-state index contributed by atoms with van der Waals surface area (Å²) in [6.07, 6.45) is 11.0. The van der Waals surface area contributed by atoms with Crippen LogP contribution in [0.1, 0.15) is 38.5 Å². The second kappa shape index (κ2) is 3.61. The van der Waals surface area contributed by atoms with Gasteiger partial charge in [-0.3, -0.25) is 0 Å². The van der Waals surface area contributed by atoms with Gasteiger partial charge in [-0.25, -0.2) is 0 Å². The molecule has 0 aromatic rings. The van der Waals surface area contributed by atoms with E-state index in [9.17, 15) is 0 Å². The topological polar surface area (TPSA) is 26.0 Å². The largest absolute Gasteiger partial charge is 0.327 e. The molecular formula is C11H19N. The third kappa shape index (κ3) is 1.56. The molecule has 1 saturated carbocycles. The van der Waals surface area contributed by atoms with Crippen LogP contribution < -0.4 is 5.73 Å². The maximum atomic E-state index is 5.66. The lowest BCUT2D eigenvalue weighted by molar-refractivity contribution is 0.255. The fraction of sp³-hybridized carbons (Fsp3) is 0.818. The van der Waals surface area contributed by atoms with Gasteiger partial charge in [0.1, 0.15) is 0 Å². The average Bonchev–Trinajstić information content (AvgIpc) is 2.17. The number of rotatable bonds is 1. The van der Waals surface area contributed by atoms with Gasteiger partial charge in [-0.2, -0.15) is 0 Å². The van der Waals surface area contributed by atoms with Crippen LogP contribution in [0.2, 0.25) is 0 Å². The van der Waals surface area contributed by atoms with Gasteiger partial charge in [-0.15, -0.1) is 0 Å². The van der Waals surface area contributed by atoms with E-state index in [1.165, 1.54) is 44.1 Å². The van der Waals surface area contributed by atoms with E-state index in [4.69, 9.17) is 5.73 Å². The SMILES string of the molecule is NCC1=CC2CCCC[C@@H]2CC1. The third-order valence-corrected chi connectivity index (χ3v) is 3.52. The first kappa shape index (κ1) is 8.31. The van der Waals surface area contributed by atoms with Crippen LogP contribution >= 0.6 is 0 Å². The van der Waals surface area contributed by atoms with Crippen molar-refractivity contribution in [1.82, 2.24) is 0 Å². The van der Waals surface area contributed by atoms with Crippen LogP contribution in [0.5, 0.6) is 0 Å². The van der Waals surface area contributed by atoms with Crippen molar-refractivity contribution in [3.8, 4) is 0 Å². The summed E-state index contributed by atoms with van der Waals surface area (Å²) in [5, 5.41) is 0. The summed E-state index contributed by atoms with van der Waals surface area (Å²) < 4.78 is 0. The molecule has 1 unspecified atom stereocenters. The Morgan fingerprint density at radius 2 is 2.08 bits per heavy atom. The van der Waals surface area contributed by atoms with Crippen LogP contribution in [0.4, 0.5) is 0 Å². The van der Waals surface area contributed by atoms with Crippen LogP contribution in [-0.2, 0) is 0 Å². The van der Waals surface area contributed by atoms with Gasteiger partial charge in [0.15, 0.2) is 0 Å². The highest BCUT2D eigenvalue weighted by Gasteiger charge is 2.26. The maximum Gasteiger partial charge on any atom is 0.0136 e. The average molecular weight is 165 g/mol. The molecule has 2 aliphatic rings. The summed E-state index contributed by atoms with van der Waals surface area (Å²) in [5.74, 6) is 1.90. The van der Waals surface area contributed by atoms with Gasteiger partial charge >= 0.3 is 0 Å². The minimum absolute atomic E-state index is 0.795. The predicted octanol–water partition coefficient (Wildman–Crippen LogP) is 2.47. The van der Waals surface area contributed by atoms with E-state index in [-0.39, 0.29) is 0 Å². The minimum atomic E-state index is 0.795. The first-order valence-corrected chi connectivity index (χ1v) is 5.30. The predicted molar refractivity (Wildman–Crippen MR) is 51.8 cm³/mol. The van der Waals surface area contributed by atoms with Crippen molar-refractivity contribution in [3.05, 3.63) is 11.6 Å². The zero-order chi connectivity index (χ0) is 8.39. The van der Waals surface area contributed by atoms with Gasteiger partial charge in [0.05, 0.1) is 0 Å². The minimum Gasteiger partial charge on any atom is -0.327 e. The van der Waals surface area contributed by atoms with Crippen LogP contribution in [-0.4, -0.2) is 6.54 Å². The molecule has 1 fully saturated rings. The molecule has 1 nitrogen and oxygen atoms in total. The van der Waals surface area contributed by atoms with Crippen LogP contribution in [0.25, 0.3) is 0 Å². The Labute approximate surface area is 75.0 Å². The molecular weight excluding hydrogens is 146 g/mol. The molecule has 2 aliphatic carbocycles. The van der Waals surface area contributed by atoms with Crippen LogP contribution in [0.15, 0.2) is 11.6 Å². The van der Waals surface area contributed by atoms with E-state index < -0.39 is 0 Å². The second-order valence-corrected chi connectivity index (χ2v) is 4.28. The standard InChI is InChI=1S/C11H19N/c12-8-9-5-6-10-3-1-2-4-11(10)7-9/h7,10-11H,1-6,8,12H2/t10-,11?/m1/s1. The quantitative estimate of drug-likeness (QED) is 0.593. The van der Waals surface area contributed by atoms with Crippen LogP contribution in [0.3, 0.4) is 0 Å². The van der Waals surface area contributed by atoms with Crippen molar-refractivity contribution in [2.75, 3.05) is 6.54 Å². The Bertz CT molecular complexity index is 183. The molecule has 2 atom stereocenters. The maximum absolute atomic E-state index is 5.66. The Morgan fingerprint density at radius 1 is 1.25 bits per heavy atom. The molecule has 0 aromatic heterocycles. The number of allylic oxidation sites excluding steroid dienone is 1. The smallest absolute Gasteiger partial charge is 0.0136 e. The fourth-order valence-electron chi connectivity index (χ4n) is 2.74. The zero-order valence-electron chi connectivity index (χ0n) is 7.76. The van der Waals surface area contributed by atoms with Gasteiger partial charge in [0, 0.05) is 6.54 Å². The molecule has 12 heavy (non-hydrogen) atoms. The summed E-state index contributed by atoms with van der Waals surface area (Å²) in [6.45, 7) is 0.795. The Morgan fingerprint density at radius 3 is 2.92 bits per heavy atom. The van der Waals surface area contributed by atoms with E-state index in [1.807, 2.05) is 0 Å². The molecule has 68 valence electrons. The van der Waals surface area contributed by atoms with Crippen LogP contribution in [0, 0.1) is 11.8 Å². The Hall–Kier alpha value is -0.300. The highest BCUT2D eigenvalue weighted by Crippen LogP contribution is 2.38. The molecule has 0 radical (unpaired) electrons. The molecule has 0 amide bonds. The Balaban J connectivity index is 2.04. The van der Waals surface area contributed by atoms with E-state index >= 15 is 0 Å². The van der Waals surface area contributed by atoms with E-state index in [0.717, 1.165) is 18.4 Å². The third-order valence-electron chi connectivity index (χ3n) is 3.52. The van der Waals surface area contributed by atoms with Gasteiger partial charge in [-0.1, -0.05) is 24.5 Å². The molecule has 0 saturated heterocycles. The van der Waals surface area contributed by atoms with Crippen molar-refractivity contribution >= 4 is 0 Å². The first-order valence-electron chi connectivity index (χ1n) is 5.30. The summed E-state index contributed by atoms with van der Waals surface area (Å²) in [7, 11) is 0. The summed E-state index contributed by atoms with van der Waals surface area (Å²) >= 11 is 0. The van der Waals surface area contributed by atoms with Gasteiger partial charge < -0.3 is 5.73 Å². The van der Waals surface area contributed by atoms with Crippen molar-refractivity contribution in [3.63, 3.8) is 0 Å².